The molecule has 1 aromatic rings. The van der Waals surface area contributed by atoms with Gasteiger partial charge in [0, 0.05) is 10.5 Å². The topological polar surface area (TPSA) is 58.6 Å². The molecular weight excluding hydrogens is 463 g/mol. The fraction of sp³-hybridized carbons (Fsp3) is 0.667. The summed E-state index contributed by atoms with van der Waals surface area (Å²) in [7, 11) is 0. The molecule has 2 amide bonds. The van der Waals surface area contributed by atoms with Crippen molar-refractivity contribution in [2.24, 2.45) is 23.7 Å². The second kappa shape index (κ2) is 11.8. The average molecular weight is 501 g/mol. The van der Waals surface area contributed by atoms with Gasteiger partial charge in [0.2, 0.25) is 0 Å². The Balaban J connectivity index is 3.08. The van der Waals surface area contributed by atoms with Crippen molar-refractivity contribution in [3.63, 3.8) is 0 Å². The monoisotopic (exact) mass is 500 g/mol. The molecule has 176 valence electrons. The van der Waals surface area contributed by atoms with Gasteiger partial charge in [0.1, 0.15) is 11.9 Å². The van der Waals surface area contributed by atoms with Crippen molar-refractivity contribution in [3.05, 3.63) is 33.5 Å². The van der Waals surface area contributed by atoms with Crippen LogP contribution in [0.4, 0.5) is 9.18 Å². The maximum atomic E-state index is 14.5. The summed E-state index contributed by atoms with van der Waals surface area (Å²) in [6.45, 7) is 17.9. The van der Waals surface area contributed by atoms with Gasteiger partial charge < -0.3 is 4.74 Å². The second-order valence-electron chi connectivity index (χ2n) is 9.61. The molecule has 0 aliphatic carbocycles. The molecule has 0 fully saturated rings. The summed E-state index contributed by atoms with van der Waals surface area (Å²) in [6.07, 6.45) is -0.0631. The Kier molecular flexibility index (Phi) is 10.5. The van der Waals surface area contributed by atoms with E-state index < -0.39 is 23.9 Å². The maximum Gasteiger partial charge on any atom is 0.426 e. The van der Waals surface area contributed by atoms with E-state index in [0.29, 0.717) is 16.3 Å². The van der Waals surface area contributed by atoms with Crippen LogP contribution in [0.2, 0.25) is 0 Å². The molecule has 0 aliphatic heterocycles. The molecule has 2 unspecified atom stereocenters. The lowest BCUT2D eigenvalue weighted by molar-refractivity contribution is -0.00396. The normalized spacial score (nSPS) is 13.6. The molecule has 0 aliphatic rings. The zero-order chi connectivity index (χ0) is 24.0. The van der Waals surface area contributed by atoms with Crippen molar-refractivity contribution < 1.29 is 18.7 Å². The second-order valence-corrected chi connectivity index (χ2v) is 10.5. The third-order valence-corrected chi connectivity index (χ3v) is 6.20. The van der Waals surface area contributed by atoms with Gasteiger partial charge in [-0.2, -0.15) is 0 Å². The first-order valence-electron chi connectivity index (χ1n) is 11.0. The van der Waals surface area contributed by atoms with Crippen molar-refractivity contribution in [3.8, 4) is 0 Å². The van der Waals surface area contributed by atoms with Gasteiger partial charge >= 0.3 is 6.09 Å². The first-order chi connectivity index (χ1) is 14.3. The van der Waals surface area contributed by atoms with E-state index in [1.807, 2.05) is 13.8 Å². The van der Waals surface area contributed by atoms with Gasteiger partial charge in [-0.15, -0.1) is 0 Å². The minimum absolute atomic E-state index is 0.102. The highest BCUT2D eigenvalue weighted by molar-refractivity contribution is 9.10. The van der Waals surface area contributed by atoms with Crippen LogP contribution in [-0.2, 0) is 4.74 Å². The van der Waals surface area contributed by atoms with Crippen LogP contribution in [0.1, 0.15) is 77.7 Å². The lowest BCUT2D eigenvalue weighted by Gasteiger charge is -2.35. The maximum absolute atomic E-state index is 14.5. The largest absolute Gasteiger partial charge is 0.444 e. The molecule has 0 radical (unpaired) electrons. The molecule has 0 aromatic heterocycles. The Morgan fingerprint density at radius 2 is 1.65 bits per heavy atom. The Bertz CT molecular complexity index is 765. The summed E-state index contributed by atoms with van der Waals surface area (Å²) in [4.78, 5) is 25.8. The lowest BCUT2D eigenvalue weighted by Crippen LogP contribution is -2.52. The van der Waals surface area contributed by atoms with Crippen LogP contribution >= 0.6 is 15.9 Å². The smallest absolute Gasteiger partial charge is 0.426 e. The van der Waals surface area contributed by atoms with Gasteiger partial charge in [-0.3, -0.25) is 4.79 Å². The number of halogens is 2. The summed E-state index contributed by atoms with van der Waals surface area (Å²) in [5.41, 5.74) is 3.18. The summed E-state index contributed by atoms with van der Waals surface area (Å²) >= 11 is 3.26. The number of hydrogen-bond acceptors (Lipinski definition) is 3. The van der Waals surface area contributed by atoms with E-state index >= 15 is 0 Å². The van der Waals surface area contributed by atoms with E-state index in [4.69, 9.17) is 4.74 Å². The number of nitrogens with one attached hydrogen (secondary N) is 1. The molecule has 5 nitrogen and oxygen atoms in total. The fourth-order valence-electron chi connectivity index (χ4n) is 3.66. The number of benzene rings is 1. The first-order valence-corrected chi connectivity index (χ1v) is 11.8. The Morgan fingerprint density at radius 3 is 2.10 bits per heavy atom. The molecule has 31 heavy (non-hydrogen) atoms. The van der Waals surface area contributed by atoms with Gasteiger partial charge in [0.25, 0.3) is 5.91 Å². The van der Waals surface area contributed by atoms with Gasteiger partial charge in [0.05, 0.1) is 5.56 Å². The molecule has 1 aromatic carbocycles. The van der Waals surface area contributed by atoms with Gasteiger partial charge in [-0.05, 0) is 68.6 Å². The summed E-state index contributed by atoms with van der Waals surface area (Å²) < 4.78 is 20.9. The van der Waals surface area contributed by atoms with Crippen LogP contribution in [0, 0.1) is 36.4 Å². The molecule has 0 heterocycles. The standard InChI is InChI=1S/C24H38BrFN2O3/c1-13(2)10-18(14(3)4)22(15(5)6)31-24(30)27-28(16(7)8)23(29)19-11-17(9)20(25)12-21(19)26/h11-16,18,22H,10H2,1-9H3,(H,27,30). The Morgan fingerprint density at radius 1 is 1.06 bits per heavy atom. The van der Waals surface area contributed by atoms with Crippen LogP contribution in [0.15, 0.2) is 16.6 Å². The number of amides is 2. The van der Waals surface area contributed by atoms with Crippen molar-refractivity contribution in [2.75, 3.05) is 0 Å². The minimum atomic E-state index is -0.704. The number of hydrogen-bond donors (Lipinski definition) is 1. The van der Waals surface area contributed by atoms with Crippen LogP contribution in [0.5, 0.6) is 0 Å². The van der Waals surface area contributed by atoms with Crippen molar-refractivity contribution in [1.82, 2.24) is 10.4 Å². The predicted molar refractivity (Wildman–Crippen MR) is 126 cm³/mol. The molecule has 7 heteroatoms. The van der Waals surface area contributed by atoms with Gasteiger partial charge in [-0.25, -0.2) is 19.6 Å². The zero-order valence-electron chi connectivity index (χ0n) is 20.3. The summed E-state index contributed by atoms with van der Waals surface area (Å²) in [5, 5.41) is 1.12. The third kappa shape index (κ3) is 7.78. The Labute approximate surface area is 195 Å². The van der Waals surface area contributed by atoms with Crippen molar-refractivity contribution in [1.29, 1.82) is 0 Å². The average Bonchev–Trinajstić information content (AvgIpc) is 2.64. The highest BCUT2D eigenvalue weighted by Crippen LogP contribution is 2.30. The van der Waals surface area contributed by atoms with E-state index in [0.717, 1.165) is 17.0 Å². The summed E-state index contributed by atoms with van der Waals surface area (Å²) in [5.74, 6) is -0.154. The highest BCUT2D eigenvalue weighted by Gasteiger charge is 2.32. The molecule has 0 saturated heterocycles. The third-order valence-electron chi connectivity index (χ3n) is 5.35. The lowest BCUT2D eigenvalue weighted by atomic mass is 9.79. The number of aryl methyl sites for hydroxylation is 1. The minimum Gasteiger partial charge on any atom is -0.444 e. The number of carbonyl (C=O) groups excluding carboxylic acids is 2. The first kappa shape index (κ1) is 27.4. The molecule has 2 atom stereocenters. The quantitative estimate of drug-likeness (QED) is 0.402. The van der Waals surface area contributed by atoms with E-state index in [1.165, 1.54) is 12.1 Å². The molecule has 0 bridgehead atoms. The molecule has 0 saturated carbocycles. The van der Waals surface area contributed by atoms with Crippen molar-refractivity contribution in [2.45, 2.75) is 80.9 Å². The predicted octanol–water partition coefficient (Wildman–Crippen LogP) is 6.73. The summed E-state index contributed by atoms with van der Waals surface area (Å²) in [6, 6.07) is 2.34. The van der Waals surface area contributed by atoms with E-state index in [2.05, 4.69) is 49.1 Å². The highest BCUT2D eigenvalue weighted by atomic mass is 79.9. The fourth-order valence-corrected chi connectivity index (χ4v) is 3.98. The number of carbonyl (C=O) groups is 2. The SMILES string of the molecule is Cc1cc(C(=O)N(NC(=O)OC(C(C)C)C(CC(C)C)C(C)C)C(C)C)c(F)cc1Br. The van der Waals surface area contributed by atoms with Crippen LogP contribution < -0.4 is 5.43 Å². The molecule has 1 N–H and O–H groups in total. The van der Waals surface area contributed by atoms with E-state index in [1.54, 1.807) is 20.8 Å². The van der Waals surface area contributed by atoms with Crippen molar-refractivity contribution >= 4 is 27.9 Å². The molecule has 0 spiro atoms. The van der Waals surface area contributed by atoms with Gasteiger partial charge in [0.15, 0.2) is 0 Å². The number of rotatable bonds is 8. The van der Waals surface area contributed by atoms with E-state index in [9.17, 15) is 14.0 Å². The number of hydrazine groups is 1. The van der Waals surface area contributed by atoms with Crippen LogP contribution in [-0.4, -0.2) is 29.2 Å². The number of ether oxygens (including phenoxy) is 1. The van der Waals surface area contributed by atoms with Crippen LogP contribution in [0.25, 0.3) is 0 Å². The van der Waals surface area contributed by atoms with Gasteiger partial charge in [-0.1, -0.05) is 57.5 Å². The number of nitrogens with zero attached hydrogens (tertiary/aromatic N) is 1. The van der Waals surface area contributed by atoms with E-state index in [-0.39, 0.29) is 23.5 Å². The van der Waals surface area contributed by atoms with Crippen LogP contribution in [0.3, 0.4) is 0 Å². The molecule has 1 rings (SSSR count). The Hall–Kier alpha value is -1.63. The zero-order valence-corrected chi connectivity index (χ0v) is 21.8. The molecular formula is C24H38BrFN2O3.